The summed E-state index contributed by atoms with van der Waals surface area (Å²) < 4.78 is 0. The number of carbonyl (C=O) groups is 1. The number of hydrogen-bond acceptors (Lipinski definition) is 2. The minimum absolute atomic E-state index is 0.0660. The SMILES string of the molecule is N[C@@H](Cc1c[nH]c2ccccc12)C(=O)NC1CC1c1ccccc1. The number of para-hydroxylation sites is 1. The van der Waals surface area contributed by atoms with E-state index >= 15 is 0 Å². The van der Waals surface area contributed by atoms with Gasteiger partial charge in [-0.25, -0.2) is 0 Å². The van der Waals surface area contributed by atoms with Gasteiger partial charge in [-0.1, -0.05) is 48.5 Å². The summed E-state index contributed by atoms with van der Waals surface area (Å²) in [7, 11) is 0. The maximum Gasteiger partial charge on any atom is 0.237 e. The molecular formula is C20H21N3O. The van der Waals surface area contributed by atoms with Crippen molar-refractivity contribution in [2.75, 3.05) is 0 Å². The van der Waals surface area contributed by atoms with Crippen LogP contribution in [0.2, 0.25) is 0 Å². The van der Waals surface area contributed by atoms with Crippen molar-refractivity contribution < 1.29 is 4.79 Å². The Kier molecular flexibility index (Phi) is 3.82. The van der Waals surface area contributed by atoms with Gasteiger partial charge < -0.3 is 16.0 Å². The van der Waals surface area contributed by atoms with Crippen LogP contribution in [0, 0.1) is 0 Å². The van der Waals surface area contributed by atoms with E-state index in [0.29, 0.717) is 12.3 Å². The predicted octanol–water partition coefficient (Wildman–Crippen LogP) is 2.71. The second-order valence-electron chi connectivity index (χ2n) is 6.54. The summed E-state index contributed by atoms with van der Waals surface area (Å²) in [5, 5.41) is 4.22. The molecule has 1 amide bonds. The Morgan fingerprint density at radius 1 is 1.17 bits per heavy atom. The molecule has 122 valence electrons. The summed E-state index contributed by atoms with van der Waals surface area (Å²) >= 11 is 0. The number of carbonyl (C=O) groups excluding carboxylic acids is 1. The van der Waals surface area contributed by atoms with Gasteiger partial charge >= 0.3 is 0 Å². The van der Waals surface area contributed by atoms with E-state index in [4.69, 9.17) is 5.73 Å². The van der Waals surface area contributed by atoms with E-state index in [-0.39, 0.29) is 11.9 Å². The third kappa shape index (κ3) is 2.93. The van der Waals surface area contributed by atoms with Crippen LogP contribution in [0.15, 0.2) is 60.8 Å². The third-order valence-corrected chi connectivity index (χ3v) is 4.80. The molecule has 0 aliphatic heterocycles. The lowest BCUT2D eigenvalue weighted by atomic mass is 10.0. The fourth-order valence-corrected chi connectivity index (χ4v) is 3.34. The van der Waals surface area contributed by atoms with E-state index in [1.165, 1.54) is 5.56 Å². The summed E-state index contributed by atoms with van der Waals surface area (Å²) in [5.41, 5.74) is 9.58. The maximum absolute atomic E-state index is 12.4. The Balaban J connectivity index is 1.37. The van der Waals surface area contributed by atoms with E-state index in [1.54, 1.807) is 0 Å². The first kappa shape index (κ1) is 15.0. The molecule has 0 saturated heterocycles. The normalized spacial score (nSPS) is 20.7. The summed E-state index contributed by atoms with van der Waals surface area (Å²) in [6.07, 6.45) is 3.48. The number of amides is 1. The number of hydrogen-bond donors (Lipinski definition) is 3. The average molecular weight is 319 g/mol. The molecule has 2 unspecified atom stereocenters. The van der Waals surface area contributed by atoms with E-state index in [2.05, 4.69) is 28.5 Å². The fraction of sp³-hybridized carbons (Fsp3) is 0.250. The van der Waals surface area contributed by atoms with E-state index in [0.717, 1.165) is 22.9 Å². The van der Waals surface area contributed by atoms with Gasteiger partial charge in [0.05, 0.1) is 6.04 Å². The largest absolute Gasteiger partial charge is 0.361 e. The highest BCUT2D eigenvalue weighted by atomic mass is 16.2. The first-order valence-electron chi connectivity index (χ1n) is 8.38. The molecule has 0 radical (unpaired) electrons. The molecule has 1 aliphatic carbocycles. The molecule has 24 heavy (non-hydrogen) atoms. The highest BCUT2D eigenvalue weighted by molar-refractivity contribution is 5.86. The van der Waals surface area contributed by atoms with Gasteiger partial charge in [0.15, 0.2) is 0 Å². The van der Waals surface area contributed by atoms with Gasteiger partial charge in [0.1, 0.15) is 0 Å². The summed E-state index contributed by atoms with van der Waals surface area (Å²) in [6.45, 7) is 0. The fourth-order valence-electron chi connectivity index (χ4n) is 3.34. The molecule has 4 rings (SSSR count). The topological polar surface area (TPSA) is 70.9 Å². The molecule has 1 aliphatic rings. The smallest absolute Gasteiger partial charge is 0.237 e. The van der Waals surface area contributed by atoms with E-state index < -0.39 is 6.04 Å². The maximum atomic E-state index is 12.4. The highest BCUT2D eigenvalue weighted by Crippen LogP contribution is 2.40. The lowest BCUT2D eigenvalue weighted by Gasteiger charge is -2.12. The monoisotopic (exact) mass is 319 g/mol. The molecule has 1 fully saturated rings. The number of fused-ring (bicyclic) bond motifs is 1. The number of nitrogens with two attached hydrogens (primary N) is 1. The lowest BCUT2D eigenvalue weighted by Crippen LogP contribution is -2.43. The number of aromatic amines is 1. The van der Waals surface area contributed by atoms with Gasteiger partial charge in [-0.3, -0.25) is 4.79 Å². The van der Waals surface area contributed by atoms with Gasteiger partial charge in [-0.2, -0.15) is 0 Å². The number of rotatable bonds is 5. The molecule has 2 aromatic carbocycles. The Bertz CT molecular complexity index is 855. The van der Waals surface area contributed by atoms with Gasteiger partial charge in [0, 0.05) is 29.1 Å². The zero-order chi connectivity index (χ0) is 16.5. The van der Waals surface area contributed by atoms with Gasteiger partial charge in [0.25, 0.3) is 0 Å². The molecule has 4 nitrogen and oxygen atoms in total. The molecule has 1 heterocycles. The van der Waals surface area contributed by atoms with Crippen LogP contribution in [0.1, 0.15) is 23.5 Å². The van der Waals surface area contributed by atoms with Crippen molar-refractivity contribution in [1.29, 1.82) is 0 Å². The van der Waals surface area contributed by atoms with Crippen molar-refractivity contribution in [2.45, 2.75) is 30.8 Å². The van der Waals surface area contributed by atoms with Crippen molar-refractivity contribution >= 4 is 16.8 Å². The molecule has 0 bridgehead atoms. The standard InChI is InChI=1S/C20H21N3O/c21-17(10-14-12-22-18-9-5-4-8-15(14)18)20(24)23-19-11-16(19)13-6-2-1-3-7-13/h1-9,12,16-17,19,22H,10-11,21H2,(H,23,24)/t16?,17-,19?/m0/s1. The number of benzene rings is 2. The van der Waals surface area contributed by atoms with Crippen molar-refractivity contribution in [3.63, 3.8) is 0 Å². The average Bonchev–Trinajstić information content (AvgIpc) is 3.27. The second-order valence-corrected chi connectivity index (χ2v) is 6.54. The van der Waals surface area contributed by atoms with Crippen LogP contribution in [0.3, 0.4) is 0 Å². The number of aromatic nitrogens is 1. The van der Waals surface area contributed by atoms with Crippen molar-refractivity contribution in [3.05, 3.63) is 71.9 Å². The lowest BCUT2D eigenvalue weighted by molar-refractivity contribution is -0.122. The Labute approximate surface area is 141 Å². The van der Waals surface area contributed by atoms with Crippen LogP contribution in [0.25, 0.3) is 10.9 Å². The van der Waals surface area contributed by atoms with Crippen LogP contribution in [-0.4, -0.2) is 23.0 Å². The van der Waals surface area contributed by atoms with Crippen molar-refractivity contribution in [3.8, 4) is 0 Å². The predicted molar refractivity (Wildman–Crippen MR) is 95.7 cm³/mol. The minimum Gasteiger partial charge on any atom is -0.361 e. The van der Waals surface area contributed by atoms with E-state index in [9.17, 15) is 4.79 Å². The first-order chi connectivity index (χ1) is 11.7. The summed E-state index contributed by atoms with van der Waals surface area (Å²) in [4.78, 5) is 15.6. The van der Waals surface area contributed by atoms with Crippen molar-refractivity contribution in [1.82, 2.24) is 10.3 Å². The molecule has 0 spiro atoms. The number of H-pyrrole nitrogens is 1. The zero-order valence-electron chi connectivity index (χ0n) is 13.4. The highest BCUT2D eigenvalue weighted by Gasteiger charge is 2.39. The molecular weight excluding hydrogens is 298 g/mol. The molecule has 3 aromatic rings. The zero-order valence-corrected chi connectivity index (χ0v) is 13.4. The summed E-state index contributed by atoms with van der Waals surface area (Å²) in [5.74, 6) is 0.360. The Hall–Kier alpha value is -2.59. The van der Waals surface area contributed by atoms with Gasteiger partial charge in [-0.15, -0.1) is 0 Å². The van der Waals surface area contributed by atoms with Crippen molar-refractivity contribution in [2.24, 2.45) is 5.73 Å². The molecule has 4 heteroatoms. The van der Waals surface area contributed by atoms with E-state index in [1.807, 2.05) is 42.6 Å². The molecule has 4 N–H and O–H groups in total. The Morgan fingerprint density at radius 2 is 1.92 bits per heavy atom. The number of nitrogens with one attached hydrogen (secondary N) is 2. The van der Waals surface area contributed by atoms with Gasteiger partial charge in [-0.05, 0) is 30.0 Å². The Morgan fingerprint density at radius 3 is 2.75 bits per heavy atom. The van der Waals surface area contributed by atoms with Gasteiger partial charge in [0.2, 0.25) is 5.91 Å². The van der Waals surface area contributed by atoms with Crippen LogP contribution in [-0.2, 0) is 11.2 Å². The molecule has 1 aromatic heterocycles. The first-order valence-corrected chi connectivity index (χ1v) is 8.38. The molecule has 3 atom stereocenters. The molecule has 1 saturated carbocycles. The van der Waals surface area contributed by atoms with Crippen LogP contribution < -0.4 is 11.1 Å². The minimum atomic E-state index is -0.527. The van der Waals surface area contributed by atoms with Crippen LogP contribution >= 0.6 is 0 Å². The second kappa shape index (κ2) is 6.13. The van der Waals surface area contributed by atoms with Crippen LogP contribution in [0.5, 0.6) is 0 Å². The quantitative estimate of drug-likeness (QED) is 0.676. The third-order valence-electron chi connectivity index (χ3n) is 4.80. The summed E-state index contributed by atoms with van der Waals surface area (Å²) in [6, 6.07) is 18.1. The van der Waals surface area contributed by atoms with Crippen LogP contribution in [0.4, 0.5) is 0 Å².